The molecule has 1 fully saturated rings. The molecule has 1 aromatic carbocycles. The van der Waals surface area contributed by atoms with E-state index in [1.807, 2.05) is 0 Å². The van der Waals surface area contributed by atoms with Gasteiger partial charge in [-0.1, -0.05) is 66.7 Å². The maximum absolute atomic E-state index is 12.6. The van der Waals surface area contributed by atoms with Crippen molar-refractivity contribution < 1.29 is 19.5 Å². The van der Waals surface area contributed by atoms with E-state index in [1.54, 1.807) is 31.2 Å². The molecule has 1 aromatic heterocycles. The standard InChI is InChI=1S/C25H24Cl3N3O4/c1-2-25(23(34)35,31-20-19(28)21(32)24(20)9-3-4-10-24)11-14-5-7-15(8-6-14)30-22(33)18-16(26)12-29-13-17(18)27/h5-8,12-13,31H,2-4,9-11H2,1H3,(H,30,33)(H,34,35)/t25-/m0/s1. The second-order valence-corrected chi connectivity index (χ2v) is 10.2. The number of rotatable bonds is 8. The Kier molecular flexibility index (Phi) is 7.13. The predicted molar refractivity (Wildman–Crippen MR) is 135 cm³/mol. The van der Waals surface area contributed by atoms with Gasteiger partial charge in [0, 0.05) is 30.2 Å². The van der Waals surface area contributed by atoms with Crippen LogP contribution in [0.5, 0.6) is 0 Å². The van der Waals surface area contributed by atoms with Crippen molar-refractivity contribution in [3.8, 4) is 0 Å². The molecule has 4 rings (SSSR count). The van der Waals surface area contributed by atoms with Crippen molar-refractivity contribution in [2.24, 2.45) is 5.41 Å². The van der Waals surface area contributed by atoms with Crippen molar-refractivity contribution in [2.75, 3.05) is 5.32 Å². The fourth-order valence-electron chi connectivity index (χ4n) is 4.87. The molecule has 1 saturated carbocycles. The molecule has 0 radical (unpaired) electrons. The smallest absolute Gasteiger partial charge is 0.329 e. The molecule has 0 unspecified atom stereocenters. The number of nitrogens with zero attached hydrogens (tertiary/aromatic N) is 1. The highest BCUT2D eigenvalue weighted by Gasteiger charge is 2.57. The van der Waals surface area contributed by atoms with Gasteiger partial charge < -0.3 is 15.7 Å². The van der Waals surface area contributed by atoms with Crippen molar-refractivity contribution >= 4 is 58.1 Å². The molecule has 10 heteroatoms. The summed E-state index contributed by atoms with van der Waals surface area (Å²) >= 11 is 18.4. The first-order chi connectivity index (χ1) is 16.6. The number of aromatic nitrogens is 1. The van der Waals surface area contributed by atoms with Crippen LogP contribution in [0.2, 0.25) is 10.0 Å². The van der Waals surface area contributed by atoms with Gasteiger partial charge in [-0.3, -0.25) is 14.6 Å². The highest BCUT2D eigenvalue weighted by atomic mass is 35.5. The number of benzene rings is 1. The van der Waals surface area contributed by atoms with Gasteiger partial charge in [-0.25, -0.2) is 4.79 Å². The zero-order chi connectivity index (χ0) is 25.4. The molecule has 184 valence electrons. The number of pyridine rings is 1. The van der Waals surface area contributed by atoms with Crippen LogP contribution in [0, 0.1) is 5.41 Å². The van der Waals surface area contributed by atoms with Crippen LogP contribution in [0.15, 0.2) is 47.4 Å². The molecular weight excluding hydrogens is 513 g/mol. The first-order valence-corrected chi connectivity index (χ1v) is 12.4. The van der Waals surface area contributed by atoms with E-state index in [0.29, 0.717) is 24.2 Å². The van der Waals surface area contributed by atoms with Gasteiger partial charge in [-0.15, -0.1) is 0 Å². The zero-order valence-electron chi connectivity index (χ0n) is 19.0. The molecule has 1 amide bonds. The van der Waals surface area contributed by atoms with Crippen LogP contribution in [0.1, 0.15) is 54.9 Å². The Morgan fingerprint density at radius 3 is 2.23 bits per heavy atom. The van der Waals surface area contributed by atoms with Crippen LogP contribution in [0.4, 0.5) is 5.69 Å². The third-order valence-corrected chi connectivity index (χ3v) is 7.90. The number of carboxylic acid groups (broad SMARTS) is 1. The Morgan fingerprint density at radius 1 is 1.09 bits per heavy atom. The Bertz CT molecular complexity index is 1200. The fourth-order valence-corrected chi connectivity index (χ4v) is 5.81. The zero-order valence-corrected chi connectivity index (χ0v) is 21.2. The van der Waals surface area contributed by atoms with Crippen molar-refractivity contribution in [3.05, 3.63) is 68.6 Å². The minimum absolute atomic E-state index is 0.0935. The lowest BCUT2D eigenvalue weighted by atomic mass is 9.68. The van der Waals surface area contributed by atoms with Gasteiger partial charge in [0.15, 0.2) is 5.78 Å². The molecule has 7 nitrogen and oxygen atoms in total. The number of hydrogen-bond donors (Lipinski definition) is 3. The summed E-state index contributed by atoms with van der Waals surface area (Å²) in [7, 11) is 0. The maximum atomic E-state index is 12.6. The lowest BCUT2D eigenvalue weighted by molar-refractivity contribution is -0.145. The quantitative estimate of drug-likeness (QED) is 0.405. The van der Waals surface area contributed by atoms with Crippen LogP contribution in [-0.4, -0.2) is 33.3 Å². The summed E-state index contributed by atoms with van der Waals surface area (Å²) in [6.45, 7) is 1.79. The van der Waals surface area contributed by atoms with Gasteiger partial charge in [-0.05, 0) is 37.0 Å². The van der Waals surface area contributed by atoms with E-state index in [9.17, 15) is 19.5 Å². The Balaban J connectivity index is 1.53. The molecule has 0 bridgehead atoms. The summed E-state index contributed by atoms with van der Waals surface area (Å²) in [5, 5.41) is 16.5. The number of halogens is 3. The largest absolute Gasteiger partial charge is 0.479 e. The number of amides is 1. The lowest BCUT2D eigenvalue weighted by Crippen LogP contribution is -2.59. The highest BCUT2D eigenvalue weighted by Crippen LogP contribution is 2.54. The van der Waals surface area contributed by atoms with E-state index in [-0.39, 0.29) is 39.3 Å². The van der Waals surface area contributed by atoms with Gasteiger partial charge in [-0.2, -0.15) is 0 Å². The fraction of sp³-hybridized carbons (Fsp3) is 0.360. The molecule has 1 heterocycles. The number of carbonyl (C=O) groups excluding carboxylic acids is 2. The molecule has 3 N–H and O–H groups in total. The summed E-state index contributed by atoms with van der Waals surface area (Å²) < 4.78 is 0. The number of carboxylic acids is 1. The molecule has 0 saturated heterocycles. The van der Waals surface area contributed by atoms with E-state index in [0.717, 1.165) is 18.4 Å². The Hall–Kier alpha value is -2.61. The molecule has 2 aromatic rings. The summed E-state index contributed by atoms with van der Waals surface area (Å²) in [4.78, 5) is 41.4. The molecule has 35 heavy (non-hydrogen) atoms. The van der Waals surface area contributed by atoms with Crippen LogP contribution in [0.3, 0.4) is 0 Å². The number of ketones is 1. The van der Waals surface area contributed by atoms with Gasteiger partial charge >= 0.3 is 5.97 Å². The third-order valence-electron chi connectivity index (χ3n) is 6.96. The monoisotopic (exact) mass is 535 g/mol. The lowest BCUT2D eigenvalue weighted by Gasteiger charge is -2.44. The number of anilines is 1. The third kappa shape index (κ3) is 4.53. The maximum Gasteiger partial charge on any atom is 0.329 e. The molecule has 2 aliphatic rings. The number of aliphatic carboxylic acids is 1. The summed E-state index contributed by atoms with van der Waals surface area (Å²) in [5.74, 6) is -1.60. The topological polar surface area (TPSA) is 108 Å². The summed E-state index contributed by atoms with van der Waals surface area (Å²) in [6.07, 6.45) is 6.30. The van der Waals surface area contributed by atoms with Crippen molar-refractivity contribution in [1.29, 1.82) is 0 Å². The van der Waals surface area contributed by atoms with Crippen molar-refractivity contribution in [2.45, 2.75) is 51.0 Å². The second kappa shape index (κ2) is 9.80. The van der Waals surface area contributed by atoms with Crippen LogP contribution >= 0.6 is 34.8 Å². The minimum Gasteiger partial charge on any atom is -0.479 e. The number of carbonyl (C=O) groups is 3. The average Bonchev–Trinajstić information content (AvgIpc) is 3.34. The molecule has 1 atom stereocenters. The van der Waals surface area contributed by atoms with E-state index in [2.05, 4.69) is 15.6 Å². The molecule has 2 aliphatic carbocycles. The van der Waals surface area contributed by atoms with Crippen LogP contribution in [-0.2, 0) is 16.0 Å². The minimum atomic E-state index is -1.34. The highest BCUT2D eigenvalue weighted by molar-refractivity contribution is 6.47. The average molecular weight is 537 g/mol. The Morgan fingerprint density at radius 2 is 1.69 bits per heavy atom. The predicted octanol–water partition coefficient (Wildman–Crippen LogP) is 5.60. The van der Waals surface area contributed by atoms with Gasteiger partial charge in [0.2, 0.25) is 0 Å². The SMILES string of the molecule is CC[C@@](Cc1ccc(NC(=O)c2c(Cl)cncc2Cl)cc1)(NC1=C(Cl)C(=O)C12CCCC2)C(=O)O. The Labute approximate surface area is 217 Å². The van der Waals surface area contributed by atoms with Crippen LogP contribution < -0.4 is 10.6 Å². The van der Waals surface area contributed by atoms with Crippen molar-refractivity contribution in [3.63, 3.8) is 0 Å². The molecule has 0 aliphatic heterocycles. The first-order valence-electron chi connectivity index (χ1n) is 11.3. The normalized spacial score (nSPS) is 18.2. The van der Waals surface area contributed by atoms with Gasteiger partial charge in [0.25, 0.3) is 5.91 Å². The van der Waals surface area contributed by atoms with Gasteiger partial charge in [0.1, 0.15) is 10.6 Å². The number of nitrogens with one attached hydrogen (secondary N) is 2. The first kappa shape index (κ1) is 25.5. The van der Waals surface area contributed by atoms with E-state index >= 15 is 0 Å². The van der Waals surface area contributed by atoms with Gasteiger partial charge in [0.05, 0.1) is 21.0 Å². The molecule has 1 spiro atoms. The van der Waals surface area contributed by atoms with E-state index in [1.165, 1.54) is 12.4 Å². The number of allylic oxidation sites excluding steroid dienone is 2. The summed E-state index contributed by atoms with van der Waals surface area (Å²) in [5.41, 5.74) is -0.101. The van der Waals surface area contributed by atoms with Crippen molar-refractivity contribution in [1.82, 2.24) is 10.3 Å². The van der Waals surface area contributed by atoms with E-state index < -0.39 is 22.8 Å². The number of Topliss-reactive ketones (excluding diaryl/α,β-unsaturated/α-hetero) is 1. The second-order valence-electron chi connectivity index (χ2n) is 8.98. The summed E-state index contributed by atoms with van der Waals surface area (Å²) in [6, 6.07) is 6.84. The molecular formula is C25H24Cl3N3O4. The van der Waals surface area contributed by atoms with E-state index in [4.69, 9.17) is 34.8 Å². The van der Waals surface area contributed by atoms with Crippen LogP contribution in [0.25, 0.3) is 0 Å². The number of hydrogen-bond acceptors (Lipinski definition) is 5.